The van der Waals surface area contributed by atoms with Crippen molar-refractivity contribution in [2.24, 2.45) is 5.92 Å². The summed E-state index contributed by atoms with van der Waals surface area (Å²) in [5.74, 6) is -1.81. The van der Waals surface area contributed by atoms with Gasteiger partial charge in [-0.1, -0.05) is 73.4 Å². The highest BCUT2D eigenvalue weighted by Gasteiger charge is 2.48. The van der Waals surface area contributed by atoms with Crippen LogP contribution in [0.15, 0.2) is 12.1 Å². The molecule has 280 valence electrons. The Morgan fingerprint density at radius 2 is 1.22 bits per heavy atom. The van der Waals surface area contributed by atoms with Crippen molar-refractivity contribution in [2.45, 2.75) is 200 Å². The Labute approximate surface area is 300 Å². The fourth-order valence-electron chi connectivity index (χ4n) is 8.78. The third-order valence-electron chi connectivity index (χ3n) is 12.2. The Morgan fingerprint density at radius 1 is 0.816 bits per heavy atom. The number of piperidine rings is 2. The third-order valence-corrected chi connectivity index (χ3v) is 12.2. The number of likely N-dealkylation sites (tertiary alicyclic amines) is 2. The van der Waals surface area contributed by atoms with Crippen LogP contribution in [0.25, 0.3) is 0 Å². The van der Waals surface area contributed by atoms with Crippen LogP contribution < -0.4 is 5.32 Å². The molecule has 3 rings (SSSR count). The largest absolute Gasteiger partial charge is 0.507 e. The minimum atomic E-state index is -1.02. The Balaban J connectivity index is 2.18. The Bertz CT molecular complexity index is 1220. The van der Waals surface area contributed by atoms with Gasteiger partial charge in [-0.3, -0.25) is 19.4 Å². The van der Waals surface area contributed by atoms with E-state index in [1.807, 2.05) is 0 Å². The molecule has 0 spiro atoms. The highest BCUT2D eigenvalue weighted by Crippen LogP contribution is 2.45. The number of unbranched alkanes of at least 4 members (excludes halogenated alkanes) is 1. The first-order valence-electron chi connectivity index (χ1n) is 18.9. The number of hydrogen-bond donors (Lipinski definition) is 2. The van der Waals surface area contributed by atoms with E-state index in [4.69, 9.17) is 4.74 Å². The van der Waals surface area contributed by atoms with E-state index in [1.165, 1.54) is 0 Å². The monoisotopic (exact) mass is 684 g/mol. The zero-order valence-corrected chi connectivity index (χ0v) is 34.5. The molecule has 2 unspecified atom stereocenters. The Morgan fingerprint density at radius 3 is 1.61 bits per heavy atom. The maximum atomic E-state index is 14.8. The van der Waals surface area contributed by atoms with Crippen molar-refractivity contribution in [3.05, 3.63) is 28.8 Å². The van der Waals surface area contributed by atoms with Crippen LogP contribution in [0.3, 0.4) is 0 Å². The zero-order valence-electron chi connectivity index (χ0n) is 34.5. The molecule has 1 aromatic rings. The number of hydrogen-bond acceptors (Lipinski definition) is 6. The molecule has 49 heavy (non-hydrogen) atoms. The van der Waals surface area contributed by atoms with Crippen molar-refractivity contribution < 1.29 is 19.4 Å². The smallest absolute Gasteiger partial charge is 0.319 e. The van der Waals surface area contributed by atoms with Crippen molar-refractivity contribution in [2.75, 3.05) is 14.1 Å². The molecular weight excluding hydrogens is 610 g/mol. The topological polar surface area (TPSA) is 82.1 Å². The fourth-order valence-corrected chi connectivity index (χ4v) is 8.78. The van der Waals surface area contributed by atoms with Crippen LogP contribution in [0, 0.1) is 5.92 Å². The molecule has 0 aromatic heterocycles. The summed E-state index contributed by atoms with van der Waals surface area (Å²) < 4.78 is 6.50. The lowest BCUT2D eigenvalue weighted by Gasteiger charge is -2.54. The number of esters is 1. The molecule has 0 saturated carbocycles. The maximum Gasteiger partial charge on any atom is 0.319 e. The number of benzene rings is 1. The summed E-state index contributed by atoms with van der Waals surface area (Å²) in [6.45, 7) is 32.5. The van der Waals surface area contributed by atoms with Crippen LogP contribution in [0.1, 0.15) is 171 Å². The summed E-state index contributed by atoms with van der Waals surface area (Å²) in [5, 5.41) is 15.0. The normalized spacial score (nSPS) is 23.1. The Kier molecular flexibility index (Phi) is 11.9. The predicted octanol–water partition coefficient (Wildman–Crippen LogP) is 8.84. The first kappa shape index (κ1) is 41.3. The van der Waals surface area contributed by atoms with Crippen LogP contribution in [0.2, 0.25) is 0 Å². The van der Waals surface area contributed by atoms with E-state index in [-0.39, 0.29) is 51.0 Å². The van der Waals surface area contributed by atoms with Crippen molar-refractivity contribution in [3.8, 4) is 5.75 Å². The number of phenols is 1. The molecule has 0 bridgehead atoms. The number of carbonyl (C=O) groups excluding carboxylic acids is 2. The summed E-state index contributed by atoms with van der Waals surface area (Å²) in [6, 6.07) is 4.04. The number of carbonyl (C=O) groups is 2. The number of nitrogens with zero attached hydrogens (tertiary/aromatic N) is 2. The van der Waals surface area contributed by atoms with Gasteiger partial charge in [0, 0.05) is 47.0 Å². The molecule has 2 atom stereocenters. The van der Waals surface area contributed by atoms with Gasteiger partial charge in [0.05, 0.1) is 0 Å². The van der Waals surface area contributed by atoms with E-state index in [0.29, 0.717) is 25.0 Å². The van der Waals surface area contributed by atoms with Gasteiger partial charge >= 0.3 is 5.97 Å². The maximum absolute atomic E-state index is 14.8. The average molecular weight is 684 g/mol. The number of nitrogens with one attached hydrogen (secondary N) is 1. The van der Waals surface area contributed by atoms with E-state index >= 15 is 0 Å². The molecule has 2 N–H and O–H groups in total. The van der Waals surface area contributed by atoms with Crippen LogP contribution in [-0.2, 0) is 25.2 Å². The van der Waals surface area contributed by atoms with Gasteiger partial charge in [0.25, 0.3) is 0 Å². The minimum Gasteiger partial charge on any atom is -0.507 e. The number of rotatable bonds is 9. The molecule has 7 heteroatoms. The van der Waals surface area contributed by atoms with E-state index < -0.39 is 17.8 Å². The Hall–Kier alpha value is -2.12. The van der Waals surface area contributed by atoms with Crippen molar-refractivity contribution in [1.82, 2.24) is 15.1 Å². The summed E-state index contributed by atoms with van der Waals surface area (Å²) in [7, 11) is 4.30. The SMILES string of the molecule is CCCCC(c1cc(C(C)(C)C)c(O)c(C(C)(C)C)c1)C(C(=O)NC1CC(C)(C)N(C)C(C)(C)C1)C(=O)OC1CC(C)(C)N(C)C(C)(C)C1. The molecule has 0 radical (unpaired) electrons. The van der Waals surface area contributed by atoms with Gasteiger partial charge in [-0.15, -0.1) is 0 Å². The molecule has 2 heterocycles. The van der Waals surface area contributed by atoms with E-state index in [1.54, 1.807) is 0 Å². The fraction of sp³-hybridized carbons (Fsp3) is 0.810. The van der Waals surface area contributed by atoms with Crippen LogP contribution >= 0.6 is 0 Å². The number of ether oxygens (including phenoxy) is 1. The zero-order chi connectivity index (χ0) is 37.7. The van der Waals surface area contributed by atoms with Crippen molar-refractivity contribution >= 4 is 11.9 Å². The average Bonchev–Trinajstić information content (AvgIpc) is 2.90. The van der Waals surface area contributed by atoms with Gasteiger partial charge in [0.1, 0.15) is 17.8 Å². The first-order valence-corrected chi connectivity index (χ1v) is 18.9. The van der Waals surface area contributed by atoms with Gasteiger partial charge < -0.3 is 15.2 Å². The summed E-state index contributed by atoms with van der Waals surface area (Å²) in [4.78, 5) is 34.4. The quantitative estimate of drug-likeness (QED) is 0.200. The first-order chi connectivity index (χ1) is 22.0. The number of amides is 1. The lowest BCUT2D eigenvalue weighted by atomic mass is 9.73. The summed E-state index contributed by atoms with van der Waals surface area (Å²) in [5.41, 5.74) is 1.32. The van der Waals surface area contributed by atoms with Crippen LogP contribution in [0.5, 0.6) is 5.75 Å². The summed E-state index contributed by atoms with van der Waals surface area (Å²) >= 11 is 0. The lowest BCUT2D eigenvalue weighted by molar-refractivity contribution is -0.167. The predicted molar refractivity (Wildman–Crippen MR) is 203 cm³/mol. The van der Waals surface area contributed by atoms with E-state index in [0.717, 1.165) is 42.4 Å². The minimum absolute atomic E-state index is 0.0767. The lowest BCUT2D eigenvalue weighted by Crippen LogP contribution is -2.63. The highest BCUT2D eigenvalue weighted by atomic mass is 16.5. The second kappa shape index (κ2) is 14.1. The molecule has 1 amide bonds. The molecule has 7 nitrogen and oxygen atoms in total. The van der Waals surface area contributed by atoms with Crippen molar-refractivity contribution in [3.63, 3.8) is 0 Å². The molecule has 2 aliphatic rings. The van der Waals surface area contributed by atoms with Crippen molar-refractivity contribution in [1.29, 1.82) is 0 Å². The van der Waals surface area contributed by atoms with Crippen LogP contribution in [0.4, 0.5) is 0 Å². The van der Waals surface area contributed by atoms with E-state index in [9.17, 15) is 14.7 Å². The molecule has 1 aromatic carbocycles. The summed E-state index contributed by atoms with van der Waals surface area (Å²) in [6.07, 6.45) is 5.14. The van der Waals surface area contributed by atoms with Gasteiger partial charge in [-0.05, 0) is 116 Å². The second-order valence-electron chi connectivity index (χ2n) is 20.1. The van der Waals surface area contributed by atoms with E-state index in [2.05, 4.69) is 145 Å². The standard InChI is InChI=1S/C42H73N3O4/c1-18-19-20-30(27-21-31(37(2,3)4)34(46)32(22-27)38(5,6)7)33(35(47)43-28-23-39(8,9)44(16)40(10,11)24-28)36(48)49-29-25-41(12,13)45(17)42(14,15)26-29/h21-22,28-30,33,46H,18-20,23-26H2,1-17H3,(H,43,47). The third kappa shape index (κ3) is 9.22. The van der Waals surface area contributed by atoms with Gasteiger partial charge in [-0.25, -0.2) is 0 Å². The second-order valence-corrected chi connectivity index (χ2v) is 20.1. The highest BCUT2D eigenvalue weighted by molar-refractivity contribution is 5.99. The molecule has 0 aliphatic carbocycles. The van der Waals surface area contributed by atoms with Gasteiger partial charge in [-0.2, -0.15) is 0 Å². The van der Waals surface area contributed by atoms with Gasteiger partial charge in [0.2, 0.25) is 5.91 Å². The van der Waals surface area contributed by atoms with Crippen LogP contribution in [-0.4, -0.2) is 75.2 Å². The number of phenolic OH excluding ortho intramolecular Hbond substituents is 1. The molecule has 2 saturated heterocycles. The number of aromatic hydroxyl groups is 1. The molecule has 2 aliphatic heterocycles. The van der Waals surface area contributed by atoms with Gasteiger partial charge in [0.15, 0.2) is 0 Å². The molecule has 2 fully saturated rings. The molecular formula is C42H73N3O4.